The van der Waals surface area contributed by atoms with E-state index in [4.69, 9.17) is 9.84 Å². The van der Waals surface area contributed by atoms with Crippen LogP contribution in [-0.2, 0) is 4.74 Å². The van der Waals surface area contributed by atoms with Gasteiger partial charge in [-0.3, -0.25) is 0 Å². The van der Waals surface area contributed by atoms with Crippen molar-refractivity contribution in [1.29, 1.82) is 0 Å². The van der Waals surface area contributed by atoms with Crippen molar-refractivity contribution in [3.63, 3.8) is 0 Å². The molecular weight excluding hydrogens is 182 g/mol. The number of likely N-dealkylation sites (tertiary alicyclic amines) is 1. The van der Waals surface area contributed by atoms with E-state index in [0.717, 1.165) is 0 Å². The molecule has 0 radical (unpaired) electrons. The minimum absolute atomic E-state index is 0.0925. The molecule has 1 amide bonds. The molecule has 82 valence electrons. The number of aliphatic hydroxyl groups is 1. The van der Waals surface area contributed by atoms with Crippen LogP contribution in [0.4, 0.5) is 4.79 Å². The summed E-state index contributed by atoms with van der Waals surface area (Å²) in [5.74, 6) is 0.211. The van der Waals surface area contributed by atoms with Gasteiger partial charge in [0.25, 0.3) is 0 Å². The van der Waals surface area contributed by atoms with Gasteiger partial charge >= 0.3 is 6.09 Å². The standard InChI is InChI=1S/C10H19NO3/c1-7-8(6-12)5-11(7)9(13)14-10(2,3)4/h7-8,12H,5-6H2,1-4H3/t7-,8-/m1/s1. The van der Waals surface area contributed by atoms with E-state index in [1.807, 2.05) is 27.7 Å². The molecular formula is C10H19NO3. The summed E-state index contributed by atoms with van der Waals surface area (Å²) in [7, 11) is 0. The summed E-state index contributed by atoms with van der Waals surface area (Å²) in [6.45, 7) is 8.21. The van der Waals surface area contributed by atoms with Crippen molar-refractivity contribution >= 4 is 6.09 Å². The average molecular weight is 201 g/mol. The molecule has 0 aromatic heterocycles. The van der Waals surface area contributed by atoms with Gasteiger partial charge in [-0.05, 0) is 27.7 Å². The molecule has 0 spiro atoms. The quantitative estimate of drug-likeness (QED) is 0.694. The molecule has 1 fully saturated rings. The van der Waals surface area contributed by atoms with Crippen LogP contribution in [-0.4, -0.2) is 40.9 Å². The number of hydrogen-bond acceptors (Lipinski definition) is 3. The number of carbonyl (C=O) groups excluding carboxylic acids is 1. The molecule has 1 aliphatic heterocycles. The highest BCUT2D eigenvalue weighted by Crippen LogP contribution is 2.25. The number of carbonyl (C=O) groups is 1. The van der Waals surface area contributed by atoms with Gasteiger partial charge in [-0.15, -0.1) is 0 Å². The predicted octanol–water partition coefficient (Wildman–Crippen LogP) is 1.23. The molecule has 0 bridgehead atoms. The van der Waals surface area contributed by atoms with Gasteiger partial charge in [-0.2, -0.15) is 0 Å². The highest BCUT2D eigenvalue weighted by atomic mass is 16.6. The second-order valence-corrected chi connectivity index (χ2v) is 4.82. The van der Waals surface area contributed by atoms with Gasteiger partial charge in [0.1, 0.15) is 5.60 Å². The second kappa shape index (κ2) is 3.77. The van der Waals surface area contributed by atoms with Crippen molar-refractivity contribution in [2.75, 3.05) is 13.2 Å². The van der Waals surface area contributed by atoms with E-state index in [1.54, 1.807) is 4.90 Å². The van der Waals surface area contributed by atoms with Crippen LogP contribution in [0.2, 0.25) is 0 Å². The maximum absolute atomic E-state index is 11.5. The lowest BCUT2D eigenvalue weighted by atomic mass is 9.91. The summed E-state index contributed by atoms with van der Waals surface area (Å²) in [4.78, 5) is 13.2. The third-order valence-corrected chi connectivity index (χ3v) is 2.47. The molecule has 14 heavy (non-hydrogen) atoms. The Hall–Kier alpha value is -0.770. The molecule has 4 nitrogen and oxygen atoms in total. The van der Waals surface area contributed by atoms with Gasteiger partial charge in [-0.25, -0.2) is 4.79 Å². The molecule has 0 saturated carbocycles. The first kappa shape index (κ1) is 11.3. The first-order chi connectivity index (χ1) is 6.35. The van der Waals surface area contributed by atoms with Crippen LogP contribution in [0.5, 0.6) is 0 Å². The van der Waals surface area contributed by atoms with Crippen LogP contribution < -0.4 is 0 Å². The number of hydrogen-bond donors (Lipinski definition) is 1. The van der Waals surface area contributed by atoms with Crippen LogP contribution in [0.25, 0.3) is 0 Å². The van der Waals surface area contributed by atoms with Gasteiger partial charge in [0.2, 0.25) is 0 Å². The van der Waals surface area contributed by atoms with E-state index in [-0.39, 0.29) is 24.7 Å². The number of aliphatic hydroxyl groups excluding tert-OH is 1. The first-order valence-corrected chi connectivity index (χ1v) is 4.95. The van der Waals surface area contributed by atoms with Gasteiger partial charge in [0.05, 0.1) is 0 Å². The molecule has 0 aliphatic carbocycles. The first-order valence-electron chi connectivity index (χ1n) is 4.95. The van der Waals surface area contributed by atoms with E-state index in [2.05, 4.69) is 0 Å². The average Bonchev–Trinajstić information content (AvgIpc) is 1.99. The van der Waals surface area contributed by atoms with Crippen LogP contribution in [0, 0.1) is 5.92 Å². The monoisotopic (exact) mass is 201 g/mol. The molecule has 1 rings (SSSR count). The fourth-order valence-corrected chi connectivity index (χ4v) is 1.46. The summed E-state index contributed by atoms with van der Waals surface area (Å²) in [6, 6.07) is 0.0925. The minimum atomic E-state index is -0.443. The van der Waals surface area contributed by atoms with Crippen molar-refractivity contribution < 1.29 is 14.6 Å². The van der Waals surface area contributed by atoms with Crippen molar-refractivity contribution in [2.45, 2.75) is 39.3 Å². The highest BCUT2D eigenvalue weighted by Gasteiger charge is 2.40. The molecule has 0 aromatic carbocycles. The van der Waals surface area contributed by atoms with Crippen molar-refractivity contribution in [3.05, 3.63) is 0 Å². The normalized spacial score (nSPS) is 27.1. The number of nitrogens with zero attached hydrogens (tertiary/aromatic N) is 1. The Bertz CT molecular complexity index is 222. The summed E-state index contributed by atoms with van der Waals surface area (Å²) in [6.07, 6.45) is -0.283. The second-order valence-electron chi connectivity index (χ2n) is 4.82. The fourth-order valence-electron chi connectivity index (χ4n) is 1.46. The molecule has 1 N–H and O–H groups in total. The predicted molar refractivity (Wildman–Crippen MR) is 53.0 cm³/mol. The molecule has 0 aromatic rings. The lowest BCUT2D eigenvalue weighted by Gasteiger charge is -2.45. The third kappa shape index (κ3) is 2.38. The van der Waals surface area contributed by atoms with Crippen molar-refractivity contribution in [2.24, 2.45) is 5.92 Å². The van der Waals surface area contributed by atoms with Crippen LogP contribution >= 0.6 is 0 Å². The summed E-state index contributed by atoms with van der Waals surface area (Å²) in [5.41, 5.74) is -0.443. The number of rotatable bonds is 1. The topological polar surface area (TPSA) is 49.8 Å². The van der Waals surface area contributed by atoms with Gasteiger partial charge in [0, 0.05) is 25.1 Å². The number of amides is 1. The molecule has 1 aliphatic rings. The SMILES string of the molecule is C[C@@H]1[C@@H](CO)CN1C(=O)OC(C)(C)C. The highest BCUT2D eigenvalue weighted by molar-refractivity contribution is 5.69. The maximum atomic E-state index is 11.5. The Labute approximate surface area is 84.8 Å². The molecule has 1 heterocycles. The van der Waals surface area contributed by atoms with Crippen molar-refractivity contribution in [3.8, 4) is 0 Å². The zero-order valence-corrected chi connectivity index (χ0v) is 9.28. The number of ether oxygens (including phenoxy) is 1. The maximum Gasteiger partial charge on any atom is 0.410 e. The van der Waals surface area contributed by atoms with Crippen LogP contribution in [0.1, 0.15) is 27.7 Å². The van der Waals surface area contributed by atoms with Gasteiger partial charge < -0.3 is 14.7 Å². The summed E-state index contributed by atoms with van der Waals surface area (Å²) < 4.78 is 5.21. The Kier molecular flexibility index (Phi) is 3.04. The molecule has 4 heteroatoms. The largest absolute Gasteiger partial charge is 0.444 e. The van der Waals surface area contributed by atoms with E-state index in [0.29, 0.717) is 6.54 Å². The molecule has 1 saturated heterocycles. The Balaban J connectivity index is 2.42. The Morgan fingerprint density at radius 1 is 1.57 bits per heavy atom. The smallest absolute Gasteiger partial charge is 0.410 e. The Morgan fingerprint density at radius 3 is 2.50 bits per heavy atom. The van der Waals surface area contributed by atoms with Crippen LogP contribution in [0.15, 0.2) is 0 Å². The van der Waals surface area contributed by atoms with Gasteiger partial charge in [-0.1, -0.05) is 0 Å². The third-order valence-electron chi connectivity index (χ3n) is 2.47. The Morgan fingerprint density at radius 2 is 2.14 bits per heavy atom. The lowest BCUT2D eigenvalue weighted by molar-refractivity contribution is -0.0372. The lowest BCUT2D eigenvalue weighted by Crippen LogP contribution is -2.59. The minimum Gasteiger partial charge on any atom is -0.444 e. The van der Waals surface area contributed by atoms with Gasteiger partial charge in [0.15, 0.2) is 0 Å². The van der Waals surface area contributed by atoms with E-state index in [9.17, 15) is 4.79 Å². The van der Waals surface area contributed by atoms with E-state index in [1.165, 1.54) is 0 Å². The van der Waals surface area contributed by atoms with E-state index >= 15 is 0 Å². The molecule has 0 unspecified atom stereocenters. The summed E-state index contributed by atoms with van der Waals surface area (Å²) >= 11 is 0. The zero-order chi connectivity index (χ0) is 10.9. The fraction of sp³-hybridized carbons (Fsp3) is 0.900. The summed E-state index contributed by atoms with van der Waals surface area (Å²) in [5, 5.41) is 8.91. The van der Waals surface area contributed by atoms with E-state index < -0.39 is 5.60 Å². The van der Waals surface area contributed by atoms with Crippen LogP contribution in [0.3, 0.4) is 0 Å². The van der Waals surface area contributed by atoms with Crippen molar-refractivity contribution in [1.82, 2.24) is 4.90 Å². The molecule has 2 atom stereocenters. The zero-order valence-electron chi connectivity index (χ0n) is 9.28.